The van der Waals surface area contributed by atoms with E-state index in [1.807, 2.05) is 48.8 Å². The third-order valence-corrected chi connectivity index (χ3v) is 4.71. The summed E-state index contributed by atoms with van der Waals surface area (Å²) in [6.45, 7) is 0. The average molecular weight is 467 g/mol. The number of rotatable bonds is 0. The summed E-state index contributed by atoms with van der Waals surface area (Å²) in [5, 5.41) is 4.55. The maximum absolute atomic E-state index is 4.37. The SMILES string of the molecule is [Pd].c1cnc2c(c1)ccc1ncccc12.c1cnc2c(c1)ccc1ncccc12. The molecule has 6 rings (SSSR count). The molecule has 0 unspecified atom stereocenters. The van der Waals surface area contributed by atoms with Gasteiger partial charge in [0.15, 0.2) is 0 Å². The summed E-state index contributed by atoms with van der Waals surface area (Å²) >= 11 is 0. The Labute approximate surface area is 181 Å². The maximum Gasteiger partial charge on any atom is 0.0795 e. The fraction of sp³-hybridized carbons (Fsp3) is 0. The van der Waals surface area contributed by atoms with Crippen molar-refractivity contribution in [2.75, 3.05) is 0 Å². The summed E-state index contributed by atoms with van der Waals surface area (Å²) in [5.41, 5.74) is 4.05. The van der Waals surface area contributed by atoms with E-state index in [2.05, 4.69) is 56.3 Å². The van der Waals surface area contributed by atoms with Gasteiger partial charge in [-0.2, -0.15) is 0 Å². The first kappa shape index (κ1) is 19.1. The van der Waals surface area contributed by atoms with Gasteiger partial charge in [-0.1, -0.05) is 24.3 Å². The standard InChI is InChI=1S/2C12H8N2.Pd/c2*1-3-9-5-6-11-10(4-2-7-13-11)12(9)14-8-1;/h2*1-8H;. The minimum absolute atomic E-state index is 0. The fourth-order valence-corrected chi connectivity index (χ4v) is 3.39. The molecule has 2 aromatic carbocycles. The van der Waals surface area contributed by atoms with Gasteiger partial charge in [0.2, 0.25) is 0 Å². The molecule has 4 nitrogen and oxygen atoms in total. The third kappa shape index (κ3) is 3.71. The topological polar surface area (TPSA) is 51.6 Å². The van der Waals surface area contributed by atoms with Crippen molar-refractivity contribution in [1.29, 1.82) is 0 Å². The van der Waals surface area contributed by atoms with Crippen molar-refractivity contribution in [2.24, 2.45) is 0 Å². The zero-order valence-electron chi connectivity index (χ0n) is 15.3. The fourth-order valence-electron chi connectivity index (χ4n) is 3.39. The van der Waals surface area contributed by atoms with E-state index in [0.717, 1.165) is 43.6 Å². The zero-order chi connectivity index (χ0) is 18.8. The molecule has 0 aliphatic heterocycles. The first-order valence-corrected chi connectivity index (χ1v) is 9.07. The van der Waals surface area contributed by atoms with E-state index in [-0.39, 0.29) is 20.4 Å². The molecule has 6 aromatic rings. The number of benzene rings is 2. The van der Waals surface area contributed by atoms with Crippen LogP contribution in [0.5, 0.6) is 0 Å². The predicted molar refractivity (Wildman–Crippen MR) is 114 cm³/mol. The van der Waals surface area contributed by atoms with Crippen molar-refractivity contribution in [3.63, 3.8) is 0 Å². The van der Waals surface area contributed by atoms with E-state index in [1.54, 1.807) is 12.4 Å². The second-order valence-electron chi connectivity index (χ2n) is 6.42. The Hall–Kier alpha value is -3.26. The molecule has 142 valence electrons. The zero-order valence-corrected chi connectivity index (χ0v) is 16.9. The minimum atomic E-state index is 0. The molecule has 0 amide bonds. The number of hydrogen-bond donors (Lipinski definition) is 0. The van der Waals surface area contributed by atoms with Gasteiger partial charge in [-0.25, -0.2) is 0 Å². The van der Waals surface area contributed by atoms with Gasteiger partial charge in [0.1, 0.15) is 0 Å². The molecule has 4 heterocycles. The first-order valence-electron chi connectivity index (χ1n) is 9.07. The van der Waals surface area contributed by atoms with Gasteiger partial charge in [0, 0.05) is 66.8 Å². The molecule has 4 aromatic heterocycles. The molecule has 0 bridgehead atoms. The van der Waals surface area contributed by atoms with Crippen molar-refractivity contribution >= 4 is 43.6 Å². The molecule has 0 aliphatic rings. The monoisotopic (exact) mass is 466 g/mol. The summed E-state index contributed by atoms with van der Waals surface area (Å²) in [4.78, 5) is 17.3. The molecule has 0 spiro atoms. The van der Waals surface area contributed by atoms with Crippen LogP contribution in [0.1, 0.15) is 0 Å². The summed E-state index contributed by atoms with van der Waals surface area (Å²) in [6.07, 6.45) is 7.23. The number of aromatic nitrogens is 4. The van der Waals surface area contributed by atoms with Gasteiger partial charge in [-0.3, -0.25) is 19.9 Å². The molecule has 0 N–H and O–H groups in total. The van der Waals surface area contributed by atoms with Crippen LogP contribution in [0, 0.1) is 0 Å². The van der Waals surface area contributed by atoms with Gasteiger partial charge < -0.3 is 0 Å². The summed E-state index contributed by atoms with van der Waals surface area (Å²) < 4.78 is 0. The van der Waals surface area contributed by atoms with Crippen molar-refractivity contribution in [3.05, 3.63) is 97.6 Å². The summed E-state index contributed by atoms with van der Waals surface area (Å²) in [5.74, 6) is 0. The Morgan fingerprint density at radius 2 is 0.828 bits per heavy atom. The Morgan fingerprint density at radius 1 is 0.414 bits per heavy atom. The molecule has 29 heavy (non-hydrogen) atoms. The Bertz CT molecular complexity index is 1210. The molecule has 0 atom stereocenters. The molecular weight excluding hydrogens is 451 g/mol. The van der Waals surface area contributed by atoms with Crippen molar-refractivity contribution in [1.82, 2.24) is 19.9 Å². The number of nitrogens with zero attached hydrogens (tertiary/aromatic N) is 4. The molecule has 0 saturated heterocycles. The number of pyridine rings is 4. The van der Waals surface area contributed by atoms with Gasteiger partial charge >= 0.3 is 0 Å². The molecule has 0 saturated carbocycles. The maximum atomic E-state index is 4.37. The van der Waals surface area contributed by atoms with Crippen LogP contribution in [0.15, 0.2) is 97.6 Å². The van der Waals surface area contributed by atoms with E-state index < -0.39 is 0 Å². The van der Waals surface area contributed by atoms with Crippen LogP contribution in [0.25, 0.3) is 43.6 Å². The van der Waals surface area contributed by atoms with Crippen molar-refractivity contribution in [3.8, 4) is 0 Å². The van der Waals surface area contributed by atoms with Gasteiger partial charge in [0.05, 0.1) is 22.1 Å². The van der Waals surface area contributed by atoms with Gasteiger partial charge in [-0.05, 0) is 48.5 Å². The average Bonchev–Trinajstić information content (AvgIpc) is 2.79. The summed E-state index contributed by atoms with van der Waals surface area (Å²) in [7, 11) is 0. The largest absolute Gasteiger partial charge is 0.256 e. The smallest absolute Gasteiger partial charge is 0.0795 e. The Balaban J connectivity index is 0.000000137. The van der Waals surface area contributed by atoms with Crippen LogP contribution < -0.4 is 0 Å². The normalized spacial score (nSPS) is 10.5. The van der Waals surface area contributed by atoms with Crippen LogP contribution in [0.4, 0.5) is 0 Å². The van der Waals surface area contributed by atoms with Crippen molar-refractivity contribution in [2.45, 2.75) is 0 Å². The van der Waals surface area contributed by atoms with Crippen LogP contribution >= 0.6 is 0 Å². The van der Waals surface area contributed by atoms with Crippen LogP contribution in [0.2, 0.25) is 0 Å². The Kier molecular flexibility index (Phi) is 5.53. The Morgan fingerprint density at radius 3 is 1.31 bits per heavy atom. The second-order valence-corrected chi connectivity index (χ2v) is 6.42. The number of hydrogen-bond acceptors (Lipinski definition) is 4. The molecular formula is C24H16N4Pd. The molecule has 5 heteroatoms. The predicted octanol–water partition coefficient (Wildman–Crippen LogP) is 5.56. The van der Waals surface area contributed by atoms with E-state index in [9.17, 15) is 0 Å². The van der Waals surface area contributed by atoms with Crippen LogP contribution in [0.3, 0.4) is 0 Å². The van der Waals surface area contributed by atoms with E-state index in [0.29, 0.717) is 0 Å². The molecule has 0 fully saturated rings. The van der Waals surface area contributed by atoms with E-state index >= 15 is 0 Å². The third-order valence-electron chi connectivity index (χ3n) is 4.71. The quantitative estimate of drug-likeness (QED) is 0.217. The van der Waals surface area contributed by atoms with E-state index in [4.69, 9.17) is 0 Å². The first-order chi connectivity index (χ1) is 13.9. The second kappa shape index (κ2) is 8.40. The van der Waals surface area contributed by atoms with Crippen LogP contribution in [-0.4, -0.2) is 19.9 Å². The van der Waals surface area contributed by atoms with Gasteiger partial charge in [0.25, 0.3) is 0 Å². The molecule has 0 aliphatic carbocycles. The van der Waals surface area contributed by atoms with Crippen molar-refractivity contribution < 1.29 is 20.4 Å². The van der Waals surface area contributed by atoms with Crippen LogP contribution in [-0.2, 0) is 20.4 Å². The van der Waals surface area contributed by atoms with Gasteiger partial charge in [-0.15, -0.1) is 0 Å². The minimum Gasteiger partial charge on any atom is -0.256 e. The summed E-state index contributed by atoms with van der Waals surface area (Å²) in [6, 6.07) is 24.2. The molecule has 0 radical (unpaired) electrons. The van der Waals surface area contributed by atoms with E-state index in [1.165, 1.54) is 0 Å². The number of fused-ring (bicyclic) bond motifs is 6.